The fraction of sp³-hybridized carbons (Fsp3) is 0.348. The number of nitrogens with two attached hydrogens (primary N) is 1. The van der Waals surface area contributed by atoms with Gasteiger partial charge in [0, 0.05) is 25.2 Å². The maximum Gasteiger partial charge on any atom is 0.252 e. The number of carbonyl (C=O) groups is 2. The Kier molecular flexibility index (Phi) is 5.39. The average Bonchev–Trinajstić information content (AvgIpc) is 3.30. The lowest BCUT2D eigenvalue weighted by Crippen LogP contribution is -2.36. The quantitative estimate of drug-likeness (QED) is 0.565. The van der Waals surface area contributed by atoms with Crippen LogP contribution in [0, 0.1) is 0 Å². The minimum Gasteiger partial charge on any atom is -0.377 e. The monoisotopic (exact) mass is 423 g/mol. The number of hydrogen-bond donors (Lipinski definition) is 3. The molecule has 31 heavy (non-hydrogen) atoms. The molecule has 1 saturated carbocycles. The van der Waals surface area contributed by atoms with Crippen molar-refractivity contribution in [3.63, 3.8) is 0 Å². The number of hydrogen-bond acceptors (Lipinski definition) is 4. The van der Waals surface area contributed by atoms with E-state index in [-0.39, 0.29) is 11.5 Å². The number of benzene rings is 1. The molecule has 0 saturated heterocycles. The molecule has 1 fully saturated rings. The van der Waals surface area contributed by atoms with Crippen LogP contribution in [0.15, 0.2) is 42.7 Å². The van der Waals surface area contributed by atoms with Crippen molar-refractivity contribution in [2.45, 2.75) is 51.4 Å². The van der Waals surface area contributed by atoms with E-state index in [1.807, 2.05) is 36.5 Å². The molecule has 2 heterocycles. The van der Waals surface area contributed by atoms with E-state index < -0.39 is 17.6 Å². The number of primary amides is 1. The number of carbonyl (C=O) groups excluding carboxylic acids is 2. The summed E-state index contributed by atoms with van der Waals surface area (Å²) in [4.78, 5) is 23.3. The van der Waals surface area contributed by atoms with Crippen molar-refractivity contribution in [1.82, 2.24) is 14.9 Å². The summed E-state index contributed by atoms with van der Waals surface area (Å²) in [7, 11) is 0. The van der Waals surface area contributed by atoms with Crippen LogP contribution >= 0.6 is 0 Å². The fourth-order valence-corrected chi connectivity index (χ4v) is 4.16. The molecular weight excluding hydrogens is 397 g/mol. The van der Waals surface area contributed by atoms with E-state index in [4.69, 9.17) is 5.73 Å². The number of nitrogens with one attached hydrogen (secondary N) is 2. The van der Waals surface area contributed by atoms with Gasteiger partial charge in [-0.3, -0.25) is 9.59 Å². The number of amides is 2. The predicted octanol–water partition coefficient (Wildman–Crippen LogP) is 3.43. The minimum absolute atomic E-state index is 0.0920. The number of halogens is 1. The molecule has 2 amide bonds. The van der Waals surface area contributed by atoms with Crippen molar-refractivity contribution < 1.29 is 14.0 Å². The third-order valence-electron chi connectivity index (χ3n) is 5.91. The van der Waals surface area contributed by atoms with Crippen LogP contribution in [-0.4, -0.2) is 33.1 Å². The summed E-state index contributed by atoms with van der Waals surface area (Å²) in [5.74, 6) is -0.707. The Morgan fingerprint density at radius 1 is 1.32 bits per heavy atom. The normalized spacial score (nSPS) is 20.7. The summed E-state index contributed by atoms with van der Waals surface area (Å²) >= 11 is 0. The van der Waals surface area contributed by atoms with Gasteiger partial charge in [0.25, 0.3) is 5.91 Å². The van der Waals surface area contributed by atoms with E-state index in [1.165, 1.54) is 13.1 Å². The third kappa shape index (κ3) is 4.23. The maximum atomic E-state index is 14.9. The van der Waals surface area contributed by atoms with E-state index in [0.29, 0.717) is 30.6 Å². The summed E-state index contributed by atoms with van der Waals surface area (Å²) in [6.07, 6.45) is 5.21. The first-order chi connectivity index (χ1) is 14.7. The van der Waals surface area contributed by atoms with Crippen molar-refractivity contribution >= 4 is 23.0 Å². The molecule has 1 aliphatic carbocycles. The highest BCUT2D eigenvalue weighted by atomic mass is 19.1. The average molecular weight is 423 g/mol. The SMILES string of the molecule is CC(=O)NCc1cccc(-c2cc3c(NC4CCCC4(C)F)c(C(N)=O)cnn3c2)c1. The Morgan fingerprint density at radius 2 is 2.13 bits per heavy atom. The number of anilines is 1. The number of alkyl halides is 1. The molecule has 0 bridgehead atoms. The number of aromatic nitrogens is 2. The van der Waals surface area contributed by atoms with E-state index in [9.17, 15) is 14.0 Å². The number of nitrogens with zero attached hydrogens (tertiary/aromatic N) is 2. The van der Waals surface area contributed by atoms with E-state index >= 15 is 0 Å². The van der Waals surface area contributed by atoms with Crippen molar-refractivity contribution in [3.05, 3.63) is 53.9 Å². The van der Waals surface area contributed by atoms with Crippen LogP contribution in [0.1, 0.15) is 49.0 Å². The summed E-state index contributed by atoms with van der Waals surface area (Å²) < 4.78 is 16.6. The zero-order chi connectivity index (χ0) is 22.2. The summed E-state index contributed by atoms with van der Waals surface area (Å²) in [6, 6.07) is 9.31. The van der Waals surface area contributed by atoms with Gasteiger partial charge in [-0.25, -0.2) is 8.91 Å². The van der Waals surface area contributed by atoms with Crippen LogP contribution in [0.4, 0.5) is 10.1 Å². The fourth-order valence-electron chi connectivity index (χ4n) is 4.16. The van der Waals surface area contributed by atoms with Crippen molar-refractivity contribution in [2.24, 2.45) is 5.73 Å². The van der Waals surface area contributed by atoms with Crippen molar-refractivity contribution in [1.29, 1.82) is 0 Å². The van der Waals surface area contributed by atoms with Crippen molar-refractivity contribution in [3.8, 4) is 11.1 Å². The first-order valence-electron chi connectivity index (χ1n) is 10.3. The van der Waals surface area contributed by atoms with Gasteiger partial charge >= 0.3 is 0 Å². The van der Waals surface area contributed by atoms with Crippen LogP contribution in [-0.2, 0) is 11.3 Å². The van der Waals surface area contributed by atoms with Crippen LogP contribution in [0.25, 0.3) is 16.6 Å². The highest BCUT2D eigenvalue weighted by molar-refractivity contribution is 6.02. The number of rotatable bonds is 6. The summed E-state index contributed by atoms with van der Waals surface area (Å²) in [6.45, 7) is 3.50. The zero-order valence-corrected chi connectivity index (χ0v) is 17.6. The van der Waals surface area contributed by atoms with Gasteiger partial charge in [0.15, 0.2) is 0 Å². The molecule has 4 rings (SSSR count). The van der Waals surface area contributed by atoms with Crippen LogP contribution in [0.5, 0.6) is 0 Å². The molecule has 7 nitrogen and oxygen atoms in total. The lowest BCUT2D eigenvalue weighted by Gasteiger charge is -2.26. The van der Waals surface area contributed by atoms with Gasteiger partial charge in [-0.1, -0.05) is 18.2 Å². The lowest BCUT2D eigenvalue weighted by molar-refractivity contribution is -0.119. The lowest BCUT2D eigenvalue weighted by atomic mass is 10.0. The number of fused-ring (bicyclic) bond motifs is 1. The van der Waals surface area contributed by atoms with Gasteiger partial charge < -0.3 is 16.4 Å². The summed E-state index contributed by atoms with van der Waals surface area (Å²) in [5.41, 5.74) is 8.41. The van der Waals surface area contributed by atoms with Crippen LogP contribution in [0.2, 0.25) is 0 Å². The second-order valence-corrected chi connectivity index (χ2v) is 8.33. The van der Waals surface area contributed by atoms with Gasteiger partial charge in [-0.2, -0.15) is 5.10 Å². The second kappa shape index (κ2) is 8.02. The molecule has 0 aliphatic heterocycles. The highest BCUT2D eigenvalue weighted by Gasteiger charge is 2.39. The predicted molar refractivity (Wildman–Crippen MR) is 117 cm³/mol. The van der Waals surface area contributed by atoms with Crippen LogP contribution in [0.3, 0.4) is 0 Å². The molecule has 8 heteroatoms. The molecule has 0 radical (unpaired) electrons. The minimum atomic E-state index is -1.36. The van der Waals surface area contributed by atoms with Gasteiger partial charge in [0.1, 0.15) is 5.67 Å². The Labute approximate surface area is 179 Å². The smallest absolute Gasteiger partial charge is 0.252 e. The topological polar surface area (TPSA) is 102 Å². The third-order valence-corrected chi connectivity index (χ3v) is 5.91. The molecule has 2 unspecified atom stereocenters. The van der Waals surface area contributed by atoms with Gasteiger partial charge in [-0.15, -0.1) is 0 Å². The Hall–Kier alpha value is -3.42. The van der Waals surface area contributed by atoms with Crippen LogP contribution < -0.4 is 16.4 Å². The van der Waals surface area contributed by atoms with E-state index in [0.717, 1.165) is 23.1 Å². The molecule has 2 atom stereocenters. The molecule has 4 N–H and O–H groups in total. The molecule has 2 aromatic heterocycles. The molecular formula is C23H26FN5O2. The molecule has 1 aromatic carbocycles. The zero-order valence-electron chi connectivity index (χ0n) is 17.6. The van der Waals surface area contributed by atoms with E-state index in [1.54, 1.807) is 11.4 Å². The second-order valence-electron chi connectivity index (χ2n) is 8.33. The standard InChI is InChI=1S/C23H26FN5O2/c1-14(30)26-11-15-5-3-6-16(9-15)17-10-19-21(28-20-7-4-8-23(20,2)24)18(22(25)31)12-27-29(19)13-17/h3,5-6,9-10,12-13,20,28H,4,7-8,11H2,1-2H3,(H2,25,31)(H,26,30). The first-order valence-corrected chi connectivity index (χ1v) is 10.3. The highest BCUT2D eigenvalue weighted by Crippen LogP contribution is 2.37. The van der Waals surface area contributed by atoms with Crippen molar-refractivity contribution in [2.75, 3.05) is 5.32 Å². The van der Waals surface area contributed by atoms with Gasteiger partial charge in [0.05, 0.1) is 29.0 Å². The molecule has 162 valence electrons. The van der Waals surface area contributed by atoms with E-state index in [2.05, 4.69) is 15.7 Å². The maximum absolute atomic E-state index is 14.9. The summed E-state index contributed by atoms with van der Waals surface area (Å²) in [5, 5.41) is 10.4. The van der Waals surface area contributed by atoms with Gasteiger partial charge in [0.2, 0.25) is 5.91 Å². The van der Waals surface area contributed by atoms with Gasteiger partial charge in [-0.05, 0) is 49.4 Å². The largest absolute Gasteiger partial charge is 0.377 e. The Bertz CT molecular complexity index is 1150. The molecule has 1 aliphatic rings. The molecule has 0 spiro atoms. The molecule has 3 aromatic rings. The Morgan fingerprint density at radius 3 is 2.81 bits per heavy atom. The first kappa shape index (κ1) is 20.8. The Balaban J connectivity index is 1.74.